The van der Waals surface area contributed by atoms with Crippen LogP contribution in [-0.2, 0) is 9.59 Å². The molecule has 2 N–H and O–H groups in total. The number of anilines is 1. The molecule has 0 fully saturated rings. The summed E-state index contributed by atoms with van der Waals surface area (Å²) in [6, 6.07) is 12.0. The minimum absolute atomic E-state index is 0.447. The van der Waals surface area contributed by atoms with E-state index in [-0.39, 0.29) is 0 Å². The van der Waals surface area contributed by atoms with Crippen LogP contribution in [0, 0.1) is 5.92 Å². The summed E-state index contributed by atoms with van der Waals surface area (Å²) in [4.78, 5) is 24.5. The molecule has 1 unspecified atom stereocenters. The zero-order chi connectivity index (χ0) is 21.2. The number of carbonyl (C=O) groups excluding carboxylic acids is 2. The zero-order valence-electron chi connectivity index (χ0n) is 16.6. The van der Waals surface area contributed by atoms with Crippen LogP contribution < -0.4 is 20.2 Å². The average Bonchev–Trinajstić information content (AvgIpc) is 2.73. The van der Waals surface area contributed by atoms with Crippen LogP contribution in [-0.4, -0.2) is 31.7 Å². The van der Waals surface area contributed by atoms with Crippen molar-refractivity contribution in [3.63, 3.8) is 0 Å². The second-order valence-electron chi connectivity index (χ2n) is 6.20. The van der Waals surface area contributed by atoms with E-state index in [9.17, 15) is 9.59 Å². The third-order valence-electron chi connectivity index (χ3n) is 3.96. The third-order valence-corrected chi connectivity index (χ3v) is 4.19. The van der Waals surface area contributed by atoms with Gasteiger partial charge in [0.1, 0.15) is 17.4 Å². The lowest BCUT2D eigenvalue weighted by Gasteiger charge is -2.11. The van der Waals surface area contributed by atoms with Crippen LogP contribution >= 0.6 is 11.6 Å². The monoisotopic (exact) mass is 417 g/mol. The Bertz CT molecular complexity index is 869. The summed E-state index contributed by atoms with van der Waals surface area (Å²) in [5.41, 5.74) is 3.56. The summed E-state index contributed by atoms with van der Waals surface area (Å²) in [5, 5.41) is 7.12. The Morgan fingerprint density at radius 1 is 1.17 bits per heavy atom. The van der Waals surface area contributed by atoms with E-state index in [0.29, 0.717) is 34.4 Å². The van der Waals surface area contributed by atoms with Crippen molar-refractivity contribution in [1.29, 1.82) is 0 Å². The number of halogens is 1. The third kappa shape index (κ3) is 6.80. The van der Waals surface area contributed by atoms with Gasteiger partial charge in [-0.25, -0.2) is 5.43 Å². The summed E-state index contributed by atoms with van der Waals surface area (Å²) in [6.45, 7) is 4.05. The molecule has 0 heterocycles. The molecule has 0 aliphatic heterocycles. The first kappa shape index (κ1) is 22.2. The fraction of sp³-hybridized carbons (Fsp3) is 0.286. The van der Waals surface area contributed by atoms with E-state index in [2.05, 4.69) is 15.8 Å². The predicted molar refractivity (Wildman–Crippen MR) is 114 cm³/mol. The largest absolute Gasteiger partial charge is 0.497 e. The second-order valence-corrected chi connectivity index (χ2v) is 6.64. The molecule has 0 spiro atoms. The van der Waals surface area contributed by atoms with Crippen molar-refractivity contribution in [1.82, 2.24) is 5.43 Å². The molecule has 0 saturated heterocycles. The number of ether oxygens (including phenoxy) is 2. The molecule has 2 rings (SSSR count). The molecule has 0 radical (unpaired) electrons. The number of amides is 2. The normalized spacial score (nSPS) is 11.7. The maximum Gasteiger partial charge on any atom is 0.252 e. The van der Waals surface area contributed by atoms with Gasteiger partial charge in [-0.15, -0.1) is 0 Å². The Morgan fingerprint density at radius 3 is 2.55 bits per heavy atom. The van der Waals surface area contributed by atoms with Crippen molar-refractivity contribution < 1.29 is 19.1 Å². The van der Waals surface area contributed by atoms with Gasteiger partial charge in [-0.05, 0) is 55.8 Å². The zero-order valence-corrected chi connectivity index (χ0v) is 17.3. The van der Waals surface area contributed by atoms with E-state index in [1.807, 2.05) is 6.92 Å². The van der Waals surface area contributed by atoms with Crippen molar-refractivity contribution in [3.05, 3.63) is 53.1 Å². The quantitative estimate of drug-likeness (QED) is 0.368. The molecule has 29 heavy (non-hydrogen) atoms. The van der Waals surface area contributed by atoms with Gasteiger partial charge in [0.15, 0.2) is 0 Å². The van der Waals surface area contributed by atoms with E-state index in [1.54, 1.807) is 49.6 Å². The summed E-state index contributed by atoms with van der Waals surface area (Å²) in [7, 11) is 1.56. The number of hydrogen-bond acceptors (Lipinski definition) is 5. The molecule has 1 atom stereocenters. The maximum absolute atomic E-state index is 12.3. The molecule has 2 amide bonds. The van der Waals surface area contributed by atoms with Gasteiger partial charge < -0.3 is 14.8 Å². The molecule has 0 aliphatic rings. The first-order chi connectivity index (χ1) is 13.9. The van der Waals surface area contributed by atoms with Crippen molar-refractivity contribution in [2.45, 2.75) is 20.3 Å². The first-order valence-electron chi connectivity index (χ1n) is 9.14. The van der Waals surface area contributed by atoms with Crippen LogP contribution in [0.15, 0.2) is 47.6 Å². The highest BCUT2D eigenvalue weighted by atomic mass is 35.5. The molecule has 8 heteroatoms. The Kier molecular flexibility index (Phi) is 8.48. The van der Waals surface area contributed by atoms with Gasteiger partial charge in [-0.3, -0.25) is 9.59 Å². The number of rotatable bonds is 9. The fourth-order valence-corrected chi connectivity index (χ4v) is 2.45. The number of benzene rings is 2. The number of nitrogens with one attached hydrogen (secondary N) is 2. The SMILES string of the molecule is CCCOc1ccc(Cl)cc1C=NNC(=O)C(C)C(=O)Nc1ccc(OC)cc1. The Morgan fingerprint density at radius 2 is 1.90 bits per heavy atom. The average molecular weight is 418 g/mol. The maximum atomic E-state index is 12.3. The number of hydrazone groups is 1. The topological polar surface area (TPSA) is 89.0 Å². The van der Waals surface area contributed by atoms with Gasteiger partial charge in [0.2, 0.25) is 5.91 Å². The Labute approximate surface area is 175 Å². The highest BCUT2D eigenvalue weighted by Crippen LogP contribution is 2.21. The van der Waals surface area contributed by atoms with Crippen LogP contribution in [0.1, 0.15) is 25.8 Å². The van der Waals surface area contributed by atoms with Crippen LogP contribution in [0.3, 0.4) is 0 Å². The van der Waals surface area contributed by atoms with Gasteiger partial charge in [0, 0.05) is 16.3 Å². The number of carbonyl (C=O) groups is 2. The summed E-state index contributed by atoms with van der Waals surface area (Å²) >= 11 is 6.02. The Hall–Kier alpha value is -3.06. The van der Waals surface area contributed by atoms with E-state index in [1.165, 1.54) is 13.1 Å². The standard InChI is InChI=1S/C21H24ClN3O4/c1-4-11-29-19-10-5-16(22)12-15(19)13-23-25-21(27)14(2)20(26)24-17-6-8-18(28-3)9-7-17/h5-10,12-14H,4,11H2,1-3H3,(H,24,26)(H,25,27). The van der Waals surface area contributed by atoms with Crippen LogP contribution in [0.2, 0.25) is 5.02 Å². The molecular formula is C21H24ClN3O4. The number of nitrogens with zero attached hydrogens (tertiary/aromatic N) is 1. The second kappa shape index (κ2) is 11.1. The lowest BCUT2D eigenvalue weighted by Crippen LogP contribution is -2.34. The summed E-state index contributed by atoms with van der Waals surface area (Å²) in [5.74, 6) is -0.640. The van der Waals surface area contributed by atoms with Crippen molar-refractivity contribution >= 4 is 35.3 Å². The minimum atomic E-state index is -0.940. The molecule has 2 aromatic rings. The van der Waals surface area contributed by atoms with Gasteiger partial charge in [-0.1, -0.05) is 18.5 Å². The highest BCUT2D eigenvalue weighted by Gasteiger charge is 2.21. The summed E-state index contributed by atoms with van der Waals surface area (Å²) < 4.78 is 10.7. The van der Waals surface area contributed by atoms with Crippen LogP contribution in [0.5, 0.6) is 11.5 Å². The highest BCUT2D eigenvalue weighted by molar-refractivity contribution is 6.30. The van der Waals surface area contributed by atoms with Crippen molar-refractivity contribution in [2.75, 3.05) is 19.0 Å². The van der Waals surface area contributed by atoms with Gasteiger partial charge in [0.25, 0.3) is 5.91 Å². The van der Waals surface area contributed by atoms with Crippen LogP contribution in [0.4, 0.5) is 5.69 Å². The molecule has 0 aliphatic carbocycles. The van der Waals surface area contributed by atoms with E-state index >= 15 is 0 Å². The smallest absolute Gasteiger partial charge is 0.252 e. The molecule has 0 aromatic heterocycles. The molecular weight excluding hydrogens is 394 g/mol. The number of hydrogen-bond donors (Lipinski definition) is 2. The van der Waals surface area contributed by atoms with E-state index in [0.717, 1.165) is 6.42 Å². The Balaban J connectivity index is 1.95. The summed E-state index contributed by atoms with van der Waals surface area (Å²) in [6.07, 6.45) is 2.29. The van der Waals surface area contributed by atoms with E-state index in [4.69, 9.17) is 21.1 Å². The van der Waals surface area contributed by atoms with Crippen molar-refractivity contribution in [2.24, 2.45) is 11.0 Å². The lowest BCUT2D eigenvalue weighted by molar-refractivity contribution is -0.131. The predicted octanol–water partition coefficient (Wildman–Crippen LogP) is 3.86. The molecule has 2 aromatic carbocycles. The van der Waals surface area contributed by atoms with Crippen LogP contribution in [0.25, 0.3) is 0 Å². The molecule has 0 saturated carbocycles. The van der Waals surface area contributed by atoms with Gasteiger partial charge in [0.05, 0.1) is 19.9 Å². The molecule has 0 bridgehead atoms. The fourth-order valence-electron chi connectivity index (χ4n) is 2.27. The van der Waals surface area contributed by atoms with Crippen molar-refractivity contribution in [3.8, 4) is 11.5 Å². The molecule has 7 nitrogen and oxygen atoms in total. The van der Waals surface area contributed by atoms with Gasteiger partial charge in [-0.2, -0.15) is 5.10 Å². The minimum Gasteiger partial charge on any atom is -0.497 e. The molecule has 154 valence electrons. The first-order valence-corrected chi connectivity index (χ1v) is 9.52. The lowest BCUT2D eigenvalue weighted by atomic mass is 10.1. The van der Waals surface area contributed by atoms with Gasteiger partial charge >= 0.3 is 0 Å². The number of methoxy groups -OCH3 is 1. The van der Waals surface area contributed by atoms with E-state index < -0.39 is 17.7 Å².